The fourth-order valence-electron chi connectivity index (χ4n) is 9.56. The van der Waals surface area contributed by atoms with E-state index in [1.54, 1.807) is 22.4 Å². The van der Waals surface area contributed by atoms with E-state index in [0.29, 0.717) is 58.7 Å². The molecule has 3 aliphatic heterocycles. The number of methoxy groups -OCH3 is 1. The average molecular weight is 816 g/mol. The number of aromatic nitrogens is 6. The molecule has 0 radical (unpaired) electrons. The molecule has 4 N–H and O–H groups in total. The largest absolute Gasteiger partial charge is 0.464 e. The minimum atomic E-state index is -0.745. The van der Waals surface area contributed by atoms with Crippen LogP contribution < -0.4 is 15.4 Å². The van der Waals surface area contributed by atoms with Crippen LogP contribution in [-0.4, -0.2) is 72.1 Å². The number of alkyl carbamates (subject to hydrolysis) is 1. The number of benzene rings is 2. The Hall–Kier alpha value is -5.54. The smallest absolute Gasteiger partial charge is 0.407 e. The number of carbonyl (C=O) groups is 2. The van der Waals surface area contributed by atoms with Crippen molar-refractivity contribution in [1.82, 2.24) is 45.0 Å². The molecule has 2 aliphatic carbocycles. The first-order chi connectivity index (χ1) is 28.5. The van der Waals surface area contributed by atoms with Gasteiger partial charge in [0.15, 0.2) is 0 Å². The van der Waals surface area contributed by atoms with Gasteiger partial charge in [0.2, 0.25) is 12.1 Å². The number of imidazole rings is 2. The predicted molar refractivity (Wildman–Crippen MR) is 220 cm³/mol. The third-order valence-electron chi connectivity index (χ3n) is 13.1. The highest BCUT2D eigenvalue weighted by Crippen LogP contribution is 2.57. The van der Waals surface area contributed by atoms with Gasteiger partial charge >= 0.3 is 6.09 Å². The molecule has 2 aromatic carbocycles. The Kier molecular flexibility index (Phi) is 8.36. The first kappa shape index (κ1) is 36.5. The Labute approximate surface area is 344 Å². The summed E-state index contributed by atoms with van der Waals surface area (Å²) in [5.74, 6) is 1.73. The van der Waals surface area contributed by atoms with Crippen molar-refractivity contribution in [2.24, 2.45) is 11.3 Å². The number of thiazole rings is 1. The van der Waals surface area contributed by atoms with Crippen molar-refractivity contribution in [1.29, 1.82) is 0 Å². The molecular formula is C44H46FN9O4S. The number of carbonyl (C=O) groups excluding carboxylic acids is 2. The zero-order valence-electron chi connectivity index (χ0n) is 33.3. The summed E-state index contributed by atoms with van der Waals surface area (Å²) in [4.78, 5) is 49.8. The topological polar surface area (TPSA) is 155 Å². The van der Waals surface area contributed by atoms with Crippen LogP contribution in [0.25, 0.3) is 44.7 Å². The molecule has 2 saturated carbocycles. The van der Waals surface area contributed by atoms with Gasteiger partial charge in [-0.3, -0.25) is 9.36 Å². The summed E-state index contributed by atoms with van der Waals surface area (Å²) in [7, 11) is 1.28. The number of likely N-dealkylation sites (tertiary alicyclic amines) is 1. The Morgan fingerprint density at radius 1 is 1.00 bits per heavy atom. The molecule has 6 atom stereocenters. The lowest BCUT2D eigenvalue weighted by atomic mass is 10.0. The van der Waals surface area contributed by atoms with Gasteiger partial charge in [0.05, 0.1) is 69.6 Å². The summed E-state index contributed by atoms with van der Waals surface area (Å²) in [5.41, 5.74) is 5.58. The lowest BCUT2D eigenvalue weighted by Gasteiger charge is -2.30. The van der Waals surface area contributed by atoms with Crippen molar-refractivity contribution in [3.8, 4) is 39.5 Å². The van der Waals surface area contributed by atoms with Gasteiger partial charge in [-0.2, -0.15) is 0 Å². The van der Waals surface area contributed by atoms with Gasteiger partial charge in [-0.1, -0.05) is 26.8 Å². The molecule has 4 fully saturated rings. The van der Waals surface area contributed by atoms with Gasteiger partial charge in [0.1, 0.15) is 29.3 Å². The van der Waals surface area contributed by atoms with Crippen LogP contribution in [0.5, 0.6) is 5.75 Å². The Balaban J connectivity index is 0.932. The highest BCUT2D eigenvalue weighted by atomic mass is 32.1. The first-order valence-corrected chi connectivity index (χ1v) is 21.5. The maximum absolute atomic E-state index is 16.7. The van der Waals surface area contributed by atoms with E-state index in [0.717, 1.165) is 69.2 Å². The number of halogens is 1. The third kappa shape index (κ3) is 6.14. The second-order valence-electron chi connectivity index (χ2n) is 17.6. The van der Waals surface area contributed by atoms with E-state index >= 15 is 4.39 Å². The van der Waals surface area contributed by atoms with Crippen LogP contribution in [0.1, 0.15) is 105 Å². The van der Waals surface area contributed by atoms with E-state index in [9.17, 15) is 9.59 Å². The summed E-state index contributed by atoms with van der Waals surface area (Å²) in [6.07, 6.45) is 10.4. The molecule has 0 bridgehead atoms. The third-order valence-corrected chi connectivity index (χ3v) is 14.3. The Morgan fingerprint density at radius 2 is 1.80 bits per heavy atom. The van der Waals surface area contributed by atoms with E-state index < -0.39 is 24.2 Å². The van der Waals surface area contributed by atoms with E-state index in [-0.39, 0.29) is 23.9 Å². The minimum Gasteiger partial charge on any atom is -0.464 e. The van der Waals surface area contributed by atoms with Crippen LogP contribution in [-0.2, 0) is 9.53 Å². The minimum absolute atomic E-state index is 0.152. The number of amides is 2. The SMILES string of the molecule is COC(=O)N[C@H](C(=O)N1CCCC1c1ncc(-c2cc(F)c3c(c2)OC(c2cnc(C4CC4)s2)n2c-3cc3cc(-c4cnc(C5CC6(C)CC6N5)[nH]4)ccc32)[nH]1)C(C)C. The molecule has 0 spiro atoms. The van der Waals surface area contributed by atoms with Crippen LogP contribution in [0.3, 0.4) is 0 Å². The summed E-state index contributed by atoms with van der Waals surface area (Å²) >= 11 is 1.66. The van der Waals surface area contributed by atoms with Crippen LogP contribution >= 0.6 is 11.3 Å². The molecule has 5 aliphatic rings. The van der Waals surface area contributed by atoms with Gasteiger partial charge in [0.25, 0.3) is 0 Å². The highest BCUT2D eigenvalue weighted by Gasteiger charge is 2.57. The molecule has 15 heteroatoms. The zero-order valence-corrected chi connectivity index (χ0v) is 34.2. The zero-order chi connectivity index (χ0) is 40.3. The van der Waals surface area contributed by atoms with Gasteiger partial charge < -0.3 is 35.0 Å². The number of nitrogens with one attached hydrogen (secondary N) is 4. The van der Waals surface area contributed by atoms with Crippen molar-refractivity contribution in [2.75, 3.05) is 13.7 Å². The van der Waals surface area contributed by atoms with E-state index in [4.69, 9.17) is 24.4 Å². The van der Waals surface area contributed by atoms with E-state index in [1.807, 2.05) is 32.3 Å². The molecule has 59 heavy (non-hydrogen) atoms. The lowest BCUT2D eigenvalue weighted by Crippen LogP contribution is -2.51. The molecule has 7 heterocycles. The van der Waals surface area contributed by atoms with Crippen LogP contribution in [0.4, 0.5) is 9.18 Å². The van der Waals surface area contributed by atoms with Gasteiger partial charge in [-0.15, -0.1) is 11.3 Å². The standard InChI is InChI=1S/C44H46FN9O4S/c1-21(2)37(52-43(56)57-4)41(55)53-11-5-6-31(53)39-47-19-29(51-39)24-13-26(45)36-32-14-25-12-23(28-18-46-38(50-28)27-16-44(3)17-35(44)49-27)9-10-30(25)54(32)42(58-33(36)15-24)34-20-48-40(59-34)22-7-8-22/h9-10,12-15,18-22,27,31,35,37,42,49H,5-8,11,16-17H2,1-4H3,(H,46,50)(H,47,51)(H,52,56)/t27?,31?,35?,37-,42?,44?/m0/s1. The predicted octanol–water partition coefficient (Wildman–Crippen LogP) is 8.36. The summed E-state index contributed by atoms with van der Waals surface area (Å²) in [6, 6.07) is 11.5. The Morgan fingerprint density at radius 3 is 2.56 bits per heavy atom. The molecule has 304 valence electrons. The monoisotopic (exact) mass is 815 g/mol. The molecule has 5 unspecified atom stereocenters. The number of fused-ring (bicyclic) bond motifs is 6. The van der Waals surface area contributed by atoms with Crippen molar-refractivity contribution in [3.63, 3.8) is 0 Å². The molecule has 11 rings (SSSR count). The molecule has 2 saturated heterocycles. The molecular weight excluding hydrogens is 770 g/mol. The van der Waals surface area contributed by atoms with Crippen molar-refractivity contribution >= 4 is 34.2 Å². The number of hydrogen-bond acceptors (Lipinski definition) is 9. The fraction of sp³-hybridized carbons (Fsp3) is 0.432. The van der Waals surface area contributed by atoms with Crippen molar-refractivity contribution < 1.29 is 23.5 Å². The number of ether oxygens (including phenoxy) is 2. The highest BCUT2D eigenvalue weighted by molar-refractivity contribution is 7.11. The first-order valence-electron chi connectivity index (χ1n) is 20.7. The van der Waals surface area contributed by atoms with E-state index in [2.05, 4.69) is 56.4 Å². The molecule has 2 amide bonds. The van der Waals surface area contributed by atoms with Crippen molar-refractivity contribution in [3.05, 3.63) is 82.3 Å². The van der Waals surface area contributed by atoms with Gasteiger partial charge in [0, 0.05) is 41.2 Å². The molecule has 6 aromatic rings. The summed E-state index contributed by atoms with van der Waals surface area (Å²) in [6.45, 7) is 6.65. The second-order valence-corrected chi connectivity index (χ2v) is 18.7. The van der Waals surface area contributed by atoms with Crippen LogP contribution in [0, 0.1) is 17.2 Å². The number of hydrogen-bond donors (Lipinski definition) is 4. The number of aromatic amines is 2. The maximum atomic E-state index is 16.7. The van der Waals surface area contributed by atoms with Gasteiger partial charge in [-0.05, 0) is 80.2 Å². The van der Waals surface area contributed by atoms with Crippen molar-refractivity contribution in [2.45, 2.75) is 95.6 Å². The number of nitrogens with zero attached hydrogens (tertiary/aromatic N) is 5. The molecule has 4 aromatic heterocycles. The van der Waals surface area contributed by atoms with Crippen LogP contribution in [0.2, 0.25) is 0 Å². The van der Waals surface area contributed by atoms with E-state index in [1.165, 1.54) is 19.6 Å². The number of rotatable bonds is 9. The maximum Gasteiger partial charge on any atom is 0.407 e. The fourth-order valence-corrected chi connectivity index (χ4v) is 10.7. The normalized spacial score (nSPS) is 24.8. The second kappa shape index (κ2) is 13.5. The summed E-state index contributed by atoms with van der Waals surface area (Å²) < 4.78 is 30.5. The lowest BCUT2D eigenvalue weighted by molar-refractivity contribution is -0.135. The number of H-pyrrole nitrogens is 2. The van der Waals surface area contributed by atoms with Crippen LogP contribution in [0.15, 0.2) is 55.0 Å². The summed E-state index contributed by atoms with van der Waals surface area (Å²) in [5, 5.41) is 8.49. The number of piperidine rings is 1. The quantitative estimate of drug-likeness (QED) is 0.114. The van der Waals surface area contributed by atoms with Gasteiger partial charge in [-0.25, -0.2) is 24.1 Å². The average Bonchev–Trinajstić information content (AvgIpc) is 3.73. The Bertz CT molecular complexity index is 2660. The molecule has 13 nitrogen and oxygen atoms in total.